The Labute approximate surface area is 111 Å². The van der Waals surface area contributed by atoms with Crippen LogP contribution in [0.1, 0.15) is 12.8 Å². The van der Waals surface area contributed by atoms with Crippen molar-refractivity contribution in [2.24, 2.45) is 0 Å². The molecule has 0 radical (unpaired) electrons. The van der Waals surface area contributed by atoms with Crippen LogP contribution in [-0.4, -0.2) is 40.4 Å². The van der Waals surface area contributed by atoms with E-state index in [1.54, 1.807) is 6.20 Å². The smallest absolute Gasteiger partial charge is 0.223 e. The van der Waals surface area contributed by atoms with E-state index in [-0.39, 0.29) is 12.1 Å². The van der Waals surface area contributed by atoms with E-state index in [0.717, 1.165) is 23.7 Å². The topological polar surface area (TPSA) is 67.3 Å². The van der Waals surface area contributed by atoms with E-state index in [0.29, 0.717) is 19.2 Å². The number of ether oxygens (including phenoxy) is 1. The molecule has 100 valence electrons. The lowest BCUT2D eigenvalue weighted by atomic mass is 9.91. The molecule has 2 heterocycles. The van der Waals surface area contributed by atoms with Gasteiger partial charge in [0, 0.05) is 24.8 Å². The molecule has 1 aliphatic rings. The molecule has 1 aromatic heterocycles. The van der Waals surface area contributed by atoms with Crippen molar-refractivity contribution in [3.05, 3.63) is 30.5 Å². The molecule has 2 N–H and O–H groups in total. The lowest BCUT2D eigenvalue weighted by Crippen LogP contribution is -2.47. The van der Waals surface area contributed by atoms with Gasteiger partial charge in [-0.1, -0.05) is 18.2 Å². The van der Waals surface area contributed by atoms with Crippen molar-refractivity contribution in [1.29, 1.82) is 0 Å². The Hall–Kier alpha value is -1.72. The van der Waals surface area contributed by atoms with Gasteiger partial charge in [0.05, 0.1) is 17.7 Å². The molecule has 5 heteroatoms. The minimum absolute atomic E-state index is 0.0621. The molecule has 0 saturated carbocycles. The maximum Gasteiger partial charge on any atom is 0.223 e. The van der Waals surface area contributed by atoms with Crippen LogP contribution < -0.4 is 5.32 Å². The van der Waals surface area contributed by atoms with Crippen LogP contribution in [0.4, 0.5) is 5.95 Å². The average Bonchev–Trinajstić information content (AvgIpc) is 2.48. The van der Waals surface area contributed by atoms with Gasteiger partial charge < -0.3 is 15.2 Å². The molecule has 3 rings (SSSR count). The van der Waals surface area contributed by atoms with Crippen LogP contribution in [0.3, 0.4) is 0 Å². The van der Waals surface area contributed by atoms with Crippen LogP contribution in [0.25, 0.3) is 10.9 Å². The number of para-hydroxylation sites is 1. The quantitative estimate of drug-likeness (QED) is 0.876. The normalized spacial score (nSPS) is 18.4. The van der Waals surface area contributed by atoms with Gasteiger partial charge in [0.2, 0.25) is 5.95 Å². The Balaban J connectivity index is 1.87. The maximum atomic E-state index is 9.64. The van der Waals surface area contributed by atoms with Crippen molar-refractivity contribution in [3.8, 4) is 0 Å². The second-order valence-electron chi connectivity index (χ2n) is 4.93. The van der Waals surface area contributed by atoms with Gasteiger partial charge in [-0.25, -0.2) is 9.97 Å². The molecule has 0 atom stereocenters. The Bertz CT molecular complexity index is 567. The highest BCUT2D eigenvalue weighted by atomic mass is 16.5. The molecular formula is C14H17N3O2. The first-order valence-electron chi connectivity index (χ1n) is 6.50. The summed E-state index contributed by atoms with van der Waals surface area (Å²) in [6, 6.07) is 7.86. The second-order valence-corrected chi connectivity index (χ2v) is 4.93. The van der Waals surface area contributed by atoms with E-state index in [1.165, 1.54) is 0 Å². The predicted octanol–water partition coefficient (Wildman–Crippen LogP) is 1.58. The summed E-state index contributed by atoms with van der Waals surface area (Å²) in [5, 5.41) is 13.9. The number of fused-ring (bicyclic) bond motifs is 1. The summed E-state index contributed by atoms with van der Waals surface area (Å²) in [6.45, 7) is 1.37. The molecule has 1 fully saturated rings. The van der Waals surface area contributed by atoms with Crippen LogP contribution in [0.15, 0.2) is 30.5 Å². The van der Waals surface area contributed by atoms with Crippen molar-refractivity contribution in [2.45, 2.75) is 18.4 Å². The van der Waals surface area contributed by atoms with E-state index in [4.69, 9.17) is 4.74 Å². The van der Waals surface area contributed by atoms with Crippen LogP contribution in [0.5, 0.6) is 0 Å². The van der Waals surface area contributed by atoms with Crippen LogP contribution in [0, 0.1) is 0 Å². The van der Waals surface area contributed by atoms with Crippen molar-refractivity contribution in [3.63, 3.8) is 0 Å². The first-order valence-corrected chi connectivity index (χ1v) is 6.50. The molecule has 0 unspecified atom stereocenters. The summed E-state index contributed by atoms with van der Waals surface area (Å²) in [5.74, 6) is 0.564. The van der Waals surface area contributed by atoms with Crippen LogP contribution >= 0.6 is 0 Å². The third kappa shape index (κ3) is 2.52. The van der Waals surface area contributed by atoms with E-state index in [1.807, 2.05) is 24.3 Å². The van der Waals surface area contributed by atoms with Gasteiger partial charge >= 0.3 is 0 Å². The molecule has 19 heavy (non-hydrogen) atoms. The lowest BCUT2D eigenvalue weighted by Gasteiger charge is -2.36. The Morgan fingerprint density at radius 3 is 2.84 bits per heavy atom. The zero-order valence-corrected chi connectivity index (χ0v) is 10.7. The molecule has 0 spiro atoms. The van der Waals surface area contributed by atoms with E-state index >= 15 is 0 Å². The second kappa shape index (κ2) is 5.11. The molecule has 1 aromatic carbocycles. The average molecular weight is 259 g/mol. The minimum Gasteiger partial charge on any atom is -0.394 e. The summed E-state index contributed by atoms with van der Waals surface area (Å²) < 4.78 is 5.34. The number of aromatic nitrogens is 2. The van der Waals surface area contributed by atoms with E-state index in [9.17, 15) is 5.11 Å². The number of rotatable bonds is 3. The van der Waals surface area contributed by atoms with E-state index in [2.05, 4.69) is 15.3 Å². The number of hydrogen-bond donors (Lipinski definition) is 2. The third-order valence-electron chi connectivity index (χ3n) is 3.62. The number of anilines is 1. The summed E-state index contributed by atoms with van der Waals surface area (Å²) in [6.07, 6.45) is 3.33. The number of hydrogen-bond acceptors (Lipinski definition) is 5. The monoisotopic (exact) mass is 259 g/mol. The summed E-state index contributed by atoms with van der Waals surface area (Å²) >= 11 is 0. The van der Waals surface area contributed by atoms with Gasteiger partial charge in [-0.2, -0.15) is 0 Å². The Morgan fingerprint density at radius 2 is 2.05 bits per heavy atom. The summed E-state index contributed by atoms with van der Waals surface area (Å²) in [7, 11) is 0. The molecule has 0 amide bonds. The van der Waals surface area contributed by atoms with Crippen molar-refractivity contribution in [1.82, 2.24) is 9.97 Å². The predicted molar refractivity (Wildman–Crippen MR) is 73.0 cm³/mol. The fourth-order valence-corrected chi connectivity index (χ4v) is 2.35. The fraction of sp³-hybridized carbons (Fsp3) is 0.429. The third-order valence-corrected chi connectivity index (χ3v) is 3.62. The molecule has 5 nitrogen and oxygen atoms in total. The standard InChI is InChI=1S/C14H17N3O2/c18-10-14(5-7-19-8-6-14)17-13-15-9-11-3-1-2-4-12(11)16-13/h1-4,9,18H,5-8,10H2,(H,15,16,17). The summed E-state index contributed by atoms with van der Waals surface area (Å²) in [4.78, 5) is 8.81. The zero-order valence-electron chi connectivity index (χ0n) is 10.7. The molecule has 0 bridgehead atoms. The first kappa shape index (κ1) is 12.3. The number of aliphatic hydroxyl groups excluding tert-OH is 1. The van der Waals surface area contributed by atoms with Gasteiger partial charge in [-0.05, 0) is 18.9 Å². The molecule has 2 aromatic rings. The number of aliphatic hydroxyl groups is 1. The first-order chi connectivity index (χ1) is 9.31. The minimum atomic E-state index is -0.360. The largest absolute Gasteiger partial charge is 0.394 e. The van der Waals surface area contributed by atoms with E-state index < -0.39 is 0 Å². The van der Waals surface area contributed by atoms with Crippen molar-refractivity contribution < 1.29 is 9.84 Å². The zero-order chi connectivity index (χ0) is 13.1. The van der Waals surface area contributed by atoms with Gasteiger partial charge in [0.1, 0.15) is 0 Å². The highest BCUT2D eigenvalue weighted by Crippen LogP contribution is 2.24. The molecule has 0 aliphatic carbocycles. The SMILES string of the molecule is OCC1(Nc2ncc3ccccc3n2)CCOCC1. The fourth-order valence-electron chi connectivity index (χ4n) is 2.35. The molecular weight excluding hydrogens is 242 g/mol. The highest BCUT2D eigenvalue weighted by molar-refractivity contribution is 5.78. The van der Waals surface area contributed by atoms with Crippen molar-refractivity contribution >= 4 is 16.9 Å². The van der Waals surface area contributed by atoms with Crippen molar-refractivity contribution in [2.75, 3.05) is 25.1 Å². The van der Waals surface area contributed by atoms with Gasteiger partial charge in [-0.3, -0.25) is 0 Å². The van der Waals surface area contributed by atoms with Gasteiger partial charge in [-0.15, -0.1) is 0 Å². The highest BCUT2D eigenvalue weighted by Gasteiger charge is 2.32. The van der Waals surface area contributed by atoms with Gasteiger partial charge in [0.25, 0.3) is 0 Å². The maximum absolute atomic E-state index is 9.64. The Morgan fingerprint density at radius 1 is 1.26 bits per heavy atom. The lowest BCUT2D eigenvalue weighted by molar-refractivity contribution is 0.0377. The number of nitrogens with one attached hydrogen (secondary N) is 1. The summed E-state index contributed by atoms with van der Waals surface area (Å²) in [5.41, 5.74) is 0.543. The van der Waals surface area contributed by atoms with Gasteiger partial charge in [0.15, 0.2) is 0 Å². The van der Waals surface area contributed by atoms with Crippen LogP contribution in [0.2, 0.25) is 0 Å². The van der Waals surface area contributed by atoms with Crippen LogP contribution in [-0.2, 0) is 4.74 Å². The molecule has 1 aliphatic heterocycles. The molecule has 1 saturated heterocycles. The Kier molecular flexibility index (Phi) is 3.31. The number of benzene rings is 1. The number of nitrogens with zero attached hydrogens (tertiary/aromatic N) is 2.